The molecule has 184 valence electrons. The van der Waals surface area contributed by atoms with E-state index < -0.39 is 8.07 Å². The standard InChI is InChI=1S/C36H34Si.2Li/c1-5-25-23-29-19-13-21-31(27-15-9-7-10-16-27)33(29)35(25)37(3,4)36-26(6-2)24-30-20-14-22-32(34(30)36)28-17-11-8-12-18-28;;/h7-24H,5-6H2,1-4H3;;/q-2;2*+1. The van der Waals surface area contributed by atoms with Crippen molar-refractivity contribution in [2.75, 3.05) is 0 Å². The number of hydrogen-bond acceptors (Lipinski definition) is 0. The average molecular weight is 509 g/mol. The molecule has 0 bridgehead atoms. The van der Waals surface area contributed by atoms with Crippen LogP contribution in [0.1, 0.15) is 25.0 Å². The van der Waals surface area contributed by atoms with Crippen molar-refractivity contribution >= 4 is 40.0 Å². The smallest absolute Gasteiger partial charge is 0.158 e. The van der Waals surface area contributed by atoms with Crippen LogP contribution < -0.4 is 48.1 Å². The van der Waals surface area contributed by atoms with Crippen molar-refractivity contribution in [1.29, 1.82) is 0 Å². The van der Waals surface area contributed by atoms with Crippen LogP contribution in [0.2, 0.25) is 13.1 Å². The SMILES string of the molecule is CCc1[cH-]c2cccc(-c3ccccc3)c2c1[Si](C)(C)c1c(CC)[cH-]c2cccc(-c3ccccc3)c12.[Li+].[Li+]. The first-order valence-corrected chi connectivity index (χ1v) is 16.6. The molecule has 0 amide bonds. The fourth-order valence-corrected chi connectivity index (χ4v) is 10.8. The Hall–Kier alpha value is -2.49. The van der Waals surface area contributed by atoms with Gasteiger partial charge in [0.25, 0.3) is 0 Å². The Morgan fingerprint density at radius 2 is 0.897 bits per heavy atom. The molecule has 0 radical (unpaired) electrons. The van der Waals surface area contributed by atoms with Gasteiger partial charge in [-0.2, -0.15) is 10.4 Å². The van der Waals surface area contributed by atoms with Crippen molar-refractivity contribution in [3.8, 4) is 22.3 Å². The quantitative estimate of drug-likeness (QED) is 0.240. The van der Waals surface area contributed by atoms with Gasteiger partial charge in [-0.05, 0) is 24.0 Å². The molecule has 0 nitrogen and oxygen atoms in total. The number of rotatable bonds is 6. The second-order valence-corrected chi connectivity index (χ2v) is 14.9. The molecule has 3 heteroatoms. The van der Waals surface area contributed by atoms with Crippen LogP contribution in [-0.2, 0) is 12.8 Å². The third-order valence-electron chi connectivity index (χ3n) is 8.18. The largest absolute Gasteiger partial charge is 1.00 e. The van der Waals surface area contributed by atoms with Crippen LogP contribution in [0.15, 0.2) is 109 Å². The van der Waals surface area contributed by atoms with Gasteiger partial charge in [-0.15, -0.1) is 69.1 Å². The molecule has 0 spiro atoms. The minimum absolute atomic E-state index is 0. The minimum atomic E-state index is -2.14. The van der Waals surface area contributed by atoms with Crippen LogP contribution in [0, 0.1) is 0 Å². The molecule has 6 rings (SSSR count). The zero-order valence-corrected chi connectivity index (χ0v) is 25.3. The van der Waals surface area contributed by atoms with Crippen molar-refractivity contribution < 1.29 is 37.7 Å². The van der Waals surface area contributed by atoms with Gasteiger partial charge in [-0.25, -0.2) is 0 Å². The summed E-state index contributed by atoms with van der Waals surface area (Å²) in [5.41, 5.74) is 8.38. The molecule has 0 aliphatic rings. The molecule has 6 aromatic carbocycles. The van der Waals surface area contributed by atoms with Crippen molar-refractivity contribution in [1.82, 2.24) is 0 Å². The van der Waals surface area contributed by atoms with Crippen LogP contribution in [0.5, 0.6) is 0 Å². The van der Waals surface area contributed by atoms with Gasteiger partial charge in [-0.1, -0.05) is 111 Å². The van der Waals surface area contributed by atoms with Gasteiger partial charge in [0.15, 0.2) is 0 Å². The third kappa shape index (κ3) is 4.98. The van der Waals surface area contributed by atoms with Crippen molar-refractivity contribution in [2.24, 2.45) is 0 Å². The maximum Gasteiger partial charge on any atom is 1.00 e. The van der Waals surface area contributed by atoms with Crippen LogP contribution in [-0.4, -0.2) is 8.07 Å². The molecule has 0 saturated heterocycles. The summed E-state index contributed by atoms with van der Waals surface area (Å²) in [6.07, 6.45) is 2.11. The first kappa shape index (κ1) is 29.5. The van der Waals surface area contributed by atoms with E-state index in [9.17, 15) is 0 Å². The fourth-order valence-electron chi connectivity index (χ4n) is 6.61. The molecular formula is C36H34Li2Si. The Morgan fingerprint density at radius 1 is 0.513 bits per heavy atom. The maximum absolute atomic E-state index is 2.60. The summed E-state index contributed by atoms with van der Waals surface area (Å²) in [6.45, 7) is 9.84. The monoisotopic (exact) mass is 508 g/mol. The van der Waals surface area contributed by atoms with E-state index in [4.69, 9.17) is 0 Å². The molecule has 0 N–H and O–H groups in total. The van der Waals surface area contributed by atoms with E-state index in [0.29, 0.717) is 0 Å². The number of benzene rings is 4. The Bertz CT molecular complexity index is 1580. The van der Waals surface area contributed by atoms with Crippen molar-refractivity contribution in [2.45, 2.75) is 39.8 Å². The van der Waals surface area contributed by atoms with Crippen LogP contribution >= 0.6 is 0 Å². The molecule has 0 fully saturated rings. The zero-order valence-electron chi connectivity index (χ0n) is 24.3. The van der Waals surface area contributed by atoms with Crippen LogP contribution in [0.25, 0.3) is 43.8 Å². The van der Waals surface area contributed by atoms with E-state index >= 15 is 0 Å². The van der Waals surface area contributed by atoms with Gasteiger partial charge >= 0.3 is 37.7 Å². The molecule has 0 aliphatic carbocycles. The van der Waals surface area contributed by atoms with E-state index in [1.807, 2.05) is 0 Å². The first-order valence-electron chi connectivity index (χ1n) is 13.6. The molecule has 0 aromatic heterocycles. The van der Waals surface area contributed by atoms with Gasteiger partial charge in [-0.3, -0.25) is 0 Å². The van der Waals surface area contributed by atoms with Crippen molar-refractivity contribution in [3.63, 3.8) is 0 Å². The molecule has 0 heterocycles. The van der Waals surface area contributed by atoms with Crippen LogP contribution in [0.3, 0.4) is 0 Å². The first-order chi connectivity index (χ1) is 18.0. The second-order valence-electron chi connectivity index (χ2n) is 10.7. The normalized spacial score (nSPS) is 11.4. The number of aryl methyl sites for hydroxylation is 2. The van der Waals surface area contributed by atoms with Gasteiger partial charge in [0.05, 0.1) is 0 Å². The van der Waals surface area contributed by atoms with E-state index in [0.717, 1.165) is 12.8 Å². The van der Waals surface area contributed by atoms with Crippen LogP contribution in [0.4, 0.5) is 0 Å². The van der Waals surface area contributed by atoms with E-state index in [2.05, 4.69) is 136 Å². The Kier molecular flexibility index (Phi) is 9.03. The van der Waals surface area contributed by atoms with Gasteiger partial charge in [0, 0.05) is 8.07 Å². The molecular weight excluding hydrogens is 474 g/mol. The summed E-state index contributed by atoms with van der Waals surface area (Å²) in [6, 6.07) is 40.6. The minimum Gasteiger partial charge on any atom is -0.158 e. The maximum atomic E-state index is 2.60. The van der Waals surface area contributed by atoms with E-state index in [1.54, 1.807) is 10.4 Å². The summed E-state index contributed by atoms with van der Waals surface area (Å²) in [7, 11) is -2.14. The average Bonchev–Trinajstić information content (AvgIpc) is 3.53. The molecule has 39 heavy (non-hydrogen) atoms. The van der Waals surface area contributed by atoms with E-state index in [1.165, 1.54) is 54.9 Å². The number of fused-ring (bicyclic) bond motifs is 2. The topological polar surface area (TPSA) is 0 Å². The van der Waals surface area contributed by atoms with Gasteiger partial charge in [0.2, 0.25) is 0 Å². The molecule has 0 atom stereocenters. The fraction of sp³-hybridized carbons (Fsp3) is 0.167. The summed E-state index contributed by atoms with van der Waals surface area (Å²) >= 11 is 0. The summed E-state index contributed by atoms with van der Waals surface area (Å²) < 4.78 is 0. The summed E-state index contributed by atoms with van der Waals surface area (Å²) in [4.78, 5) is 0. The zero-order chi connectivity index (χ0) is 25.6. The summed E-state index contributed by atoms with van der Waals surface area (Å²) in [5.74, 6) is 0. The predicted molar refractivity (Wildman–Crippen MR) is 165 cm³/mol. The molecule has 0 unspecified atom stereocenters. The second kappa shape index (κ2) is 11.9. The van der Waals surface area contributed by atoms with Crippen molar-refractivity contribution in [3.05, 3.63) is 120 Å². The Balaban J connectivity index is 0.00000176. The Morgan fingerprint density at radius 3 is 1.26 bits per heavy atom. The summed E-state index contributed by atoms with van der Waals surface area (Å²) in [5, 5.41) is 8.94. The molecule has 0 saturated carbocycles. The van der Waals surface area contributed by atoms with Gasteiger partial charge in [0.1, 0.15) is 0 Å². The van der Waals surface area contributed by atoms with Gasteiger partial charge < -0.3 is 0 Å². The molecule has 6 aromatic rings. The molecule has 0 aliphatic heterocycles. The number of hydrogen-bond donors (Lipinski definition) is 0. The predicted octanol–water partition coefficient (Wildman–Crippen LogP) is 2.72. The van der Waals surface area contributed by atoms with E-state index in [-0.39, 0.29) is 37.7 Å². The Labute approximate surface area is 258 Å². The third-order valence-corrected chi connectivity index (χ3v) is 11.8.